The summed E-state index contributed by atoms with van der Waals surface area (Å²) in [4.78, 5) is 12.5. The number of hydrogen-bond acceptors (Lipinski definition) is 3. The van der Waals surface area contributed by atoms with E-state index in [0.29, 0.717) is 37.2 Å². The van der Waals surface area contributed by atoms with Gasteiger partial charge < -0.3 is 20.1 Å². The van der Waals surface area contributed by atoms with Crippen molar-refractivity contribution >= 4 is 11.7 Å². The Morgan fingerprint density at radius 3 is 2.21 bits per heavy atom. The van der Waals surface area contributed by atoms with Crippen molar-refractivity contribution < 1.29 is 14.3 Å². The van der Waals surface area contributed by atoms with Crippen LogP contribution in [0.15, 0.2) is 36.4 Å². The Morgan fingerprint density at radius 1 is 1.00 bits per heavy atom. The van der Waals surface area contributed by atoms with E-state index in [9.17, 15) is 4.79 Å². The molecule has 5 nitrogen and oxygen atoms in total. The number of carbonyl (C=O) groups excluding carboxylic acids is 1. The zero-order valence-electron chi connectivity index (χ0n) is 18.5. The minimum atomic E-state index is -0.182. The van der Waals surface area contributed by atoms with Gasteiger partial charge >= 0.3 is 6.03 Å². The van der Waals surface area contributed by atoms with Gasteiger partial charge in [-0.05, 0) is 54.0 Å². The van der Waals surface area contributed by atoms with Crippen molar-refractivity contribution in [2.45, 2.75) is 52.9 Å². The van der Waals surface area contributed by atoms with Crippen LogP contribution in [-0.2, 0) is 6.42 Å². The SMILES string of the molecule is CCOc1ccc(CCNC(=O)Nc2c(C(C)C)cccc2C(C)C)cc1OC. The lowest BCUT2D eigenvalue weighted by molar-refractivity contribution is 0.252. The summed E-state index contributed by atoms with van der Waals surface area (Å²) in [5, 5.41) is 6.05. The van der Waals surface area contributed by atoms with E-state index in [2.05, 4.69) is 56.5 Å². The van der Waals surface area contributed by atoms with Gasteiger partial charge in [0.05, 0.1) is 13.7 Å². The maximum atomic E-state index is 12.5. The van der Waals surface area contributed by atoms with Gasteiger partial charge in [0.2, 0.25) is 0 Å². The average Bonchev–Trinajstić information content (AvgIpc) is 2.68. The van der Waals surface area contributed by atoms with Crippen LogP contribution >= 0.6 is 0 Å². The first kappa shape index (κ1) is 22.6. The third-order valence-electron chi connectivity index (χ3n) is 4.84. The number of amides is 2. The van der Waals surface area contributed by atoms with Crippen molar-refractivity contribution in [1.29, 1.82) is 0 Å². The van der Waals surface area contributed by atoms with Crippen molar-refractivity contribution in [2.24, 2.45) is 0 Å². The lowest BCUT2D eigenvalue weighted by Gasteiger charge is -2.20. The van der Waals surface area contributed by atoms with Crippen LogP contribution in [0, 0.1) is 0 Å². The summed E-state index contributed by atoms with van der Waals surface area (Å²) in [6.45, 7) is 11.6. The molecule has 0 aliphatic carbocycles. The molecule has 0 radical (unpaired) electrons. The number of ether oxygens (including phenoxy) is 2. The first-order chi connectivity index (χ1) is 13.9. The van der Waals surface area contributed by atoms with Gasteiger partial charge in [-0.25, -0.2) is 4.79 Å². The van der Waals surface area contributed by atoms with Crippen LogP contribution in [0.1, 0.15) is 63.1 Å². The molecular formula is C24H34N2O3. The fourth-order valence-electron chi connectivity index (χ4n) is 3.32. The van der Waals surface area contributed by atoms with Gasteiger partial charge in [-0.1, -0.05) is 52.0 Å². The van der Waals surface area contributed by atoms with Crippen molar-refractivity contribution in [3.8, 4) is 11.5 Å². The fraction of sp³-hybridized carbons (Fsp3) is 0.458. The average molecular weight is 399 g/mol. The topological polar surface area (TPSA) is 59.6 Å². The van der Waals surface area contributed by atoms with Crippen LogP contribution in [0.4, 0.5) is 10.5 Å². The second-order valence-corrected chi connectivity index (χ2v) is 7.67. The number of urea groups is 1. The number of benzene rings is 2. The molecule has 0 atom stereocenters. The summed E-state index contributed by atoms with van der Waals surface area (Å²) in [7, 11) is 1.63. The van der Waals surface area contributed by atoms with E-state index >= 15 is 0 Å². The van der Waals surface area contributed by atoms with E-state index in [-0.39, 0.29) is 6.03 Å². The normalized spacial score (nSPS) is 10.9. The monoisotopic (exact) mass is 398 g/mol. The predicted molar refractivity (Wildman–Crippen MR) is 120 cm³/mol. The molecule has 2 amide bonds. The zero-order valence-corrected chi connectivity index (χ0v) is 18.5. The Morgan fingerprint density at radius 2 is 1.66 bits per heavy atom. The molecule has 2 rings (SSSR count). The van der Waals surface area contributed by atoms with Gasteiger partial charge in [0.25, 0.3) is 0 Å². The maximum absolute atomic E-state index is 12.5. The highest BCUT2D eigenvalue weighted by molar-refractivity contribution is 5.91. The molecule has 0 bridgehead atoms. The van der Waals surface area contributed by atoms with Crippen molar-refractivity contribution in [3.63, 3.8) is 0 Å². The lowest BCUT2D eigenvalue weighted by Crippen LogP contribution is -2.31. The van der Waals surface area contributed by atoms with E-state index in [4.69, 9.17) is 9.47 Å². The molecule has 0 fully saturated rings. The molecule has 0 aromatic heterocycles. The number of hydrogen-bond donors (Lipinski definition) is 2. The number of methoxy groups -OCH3 is 1. The maximum Gasteiger partial charge on any atom is 0.319 e. The summed E-state index contributed by atoms with van der Waals surface area (Å²) in [5.41, 5.74) is 4.32. The molecule has 2 aromatic carbocycles. The second-order valence-electron chi connectivity index (χ2n) is 7.67. The Balaban J connectivity index is 2.01. The molecule has 0 unspecified atom stereocenters. The molecule has 5 heteroatoms. The number of rotatable bonds is 9. The third kappa shape index (κ3) is 6.14. The number of para-hydroxylation sites is 1. The molecule has 0 aliphatic heterocycles. The van der Waals surface area contributed by atoms with E-state index in [0.717, 1.165) is 28.1 Å². The predicted octanol–water partition coefficient (Wildman–Crippen LogP) is 5.70. The summed E-state index contributed by atoms with van der Waals surface area (Å²) < 4.78 is 10.9. The molecular weight excluding hydrogens is 364 g/mol. The summed E-state index contributed by atoms with van der Waals surface area (Å²) >= 11 is 0. The number of anilines is 1. The minimum Gasteiger partial charge on any atom is -0.493 e. The van der Waals surface area contributed by atoms with Crippen LogP contribution in [-0.4, -0.2) is 26.3 Å². The van der Waals surface area contributed by atoms with Crippen molar-refractivity contribution in [1.82, 2.24) is 5.32 Å². The van der Waals surface area contributed by atoms with E-state index in [1.54, 1.807) is 7.11 Å². The molecule has 29 heavy (non-hydrogen) atoms. The first-order valence-electron chi connectivity index (χ1n) is 10.3. The summed E-state index contributed by atoms with van der Waals surface area (Å²) in [6.07, 6.45) is 0.707. The second kappa shape index (κ2) is 10.7. The minimum absolute atomic E-state index is 0.182. The number of carbonyl (C=O) groups is 1. The smallest absolute Gasteiger partial charge is 0.319 e. The van der Waals surface area contributed by atoms with Crippen LogP contribution < -0.4 is 20.1 Å². The van der Waals surface area contributed by atoms with E-state index in [1.807, 2.05) is 25.1 Å². The lowest BCUT2D eigenvalue weighted by atomic mass is 9.93. The standard InChI is InChI=1S/C24H34N2O3/c1-7-29-21-12-11-18(15-22(21)28-6)13-14-25-24(27)26-23-19(16(2)3)9-8-10-20(23)17(4)5/h8-12,15-17H,7,13-14H2,1-6H3,(H2,25,26,27). The number of nitrogens with one attached hydrogen (secondary N) is 2. The highest BCUT2D eigenvalue weighted by atomic mass is 16.5. The van der Waals surface area contributed by atoms with Gasteiger partial charge in [0.15, 0.2) is 11.5 Å². The molecule has 158 valence electrons. The molecule has 0 heterocycles. The van der Waals surface area contributed by atoms with Gasteiger partial charge in [-0.15, -0.1) is 0 Å². The molecule has 2 aromatic rings. The fourth-order valence-corrected chi connectivity index (χ4v) is 3.32. The van der Waals surface area contributed by atoms with Crippen LogP contribution in [0.3, 0.4) is 0 Å². The largest absolute Gasteiger partial charge is 0.493 e. The van der Waals surface area contributed by atoms with Crippen molar-refractivity contribution in [3.05, 3.63) is 53.1 Å². The Labute approximate surface area is 174 Å². The Bertz CT molecular complexity index is 790. The molecule has 2 N–H and O–H groups in total. The first-order valence-corrected chi connectivity index (χ1v) is 10.3. The zero-order chi connectivity index (χ0) is 21.4. The summed E-state index contributed by atoms with van der Waals surface area (Å²) in [5.74, 6) is 2.11. The molecule has 0 saturated heterocycles. The quantitative estimate of drug-likeness (QED) is 0.569. The van der Waals surface area contributed by atoms with Gasteiger partial charge in [0, 0.05) is 12.2 Å². The van der Waals surface area contributed by atoms with E-state index in [1.165, 1.54) is 0 Å². The van der Waals surface area contributed by atoms with Crippen LogP contribution in [0.2, 0.25) is 0 Å². The highest BCUT2D eigenvalue weighted by Gasteiger charge is 2.15. The molecule has 0 saturated carbocycles. The molecule has 0 aliphatic rings. The van der Waals surface area contributed by atoms with Gasteiger partial charge in [-0.2, -0.15) is 0 Å². The van der Waals surface area contributed by atoms with Gasteiger partial charge in [-0.3, -0.25) is 0 Å². The van der Waals surface area contributed by atoms with Crippen LogP contribution in [0.25, 0.3) is 0 Å². The Hall–Kier alpha value is -2.69. The van der Waals surface area contributed by atoms with Gasteiger partial charge in [0.1, 0.15) is 0 Å². The van der Waals surface area contributed by atoms with Crippen molar-refractivity contribution in [2.75, 3.05) is 25.6 Å². The highest BCUT2D eigenvalue weighted by Crippen LogP contribution is 2.32. The molecule has 0 spiro atoms. The third-order valence-corrected chi connectivity index (χ3v) is 4.84. The van der Waals surface area contributed by atoms with Crippen LogP contribution in [0.5, 0.6) is 11.5 Å². The summed E-state index contributed by atoms with van der Waals surface area (Å²) in [6, 6.07) is 11.9. The Kier molecular flexibility index (Phi) is 8.37. The van der Waals surface area contributed by atoms with E-state index < -0.39 is 0 Å².